The van der Waals surface area contributed by atoms with Crippen LogP contribution in [-0.2, 0) is 4.79 Å². The Morgan fingerprint density at radius 1 is 1.00 bits per heavy atom. The highest BCUT2D eigenvalue weighted by molar-refractivity contribution is 5.97. The summed E-state index contributed by atoms with van der Waals surface area (Å²) in [5.41, 5.74) is 1.45. The number of nitrogens with one attached hydrogen (secondary N) is 1. The van der Waals surface area contributed by atoms with Gasteiger partial charge >= 0.3 is 0 Å². The lowest BCUT2D eigenvalue weighted by molar-refractivity contribution is -0.117. The average Bonchev–Trinajstić information content (AvgIpc) is 3.10. The largest absolute Gasteiger partial charge is 0.326 e. The summed E-state index contributed by atoms with van der Waals surface area (Å²) in [6.45, 7) is 1.54. The van der Waals surface area contributed by atoms with Gasteiger partial charge in [-0.15, -0.1) is 0 Å². The quantitative estimate of drug-likeness (QED) is 0.677. The first kappa shape index (κ1) is 14.1. The summed E-state index contributed by atoms with van der Waals surface area (Å²) in [6, 6.07) is 7.14. The molecule has 0 aliphatic heterocycles. The standard InChI is InChI=1S/C18H21NO2/c1-12(20)13-8-10-14(11-9-13)19-18(21)17-15-6-4-2-3-5-7-16(15)17/h2-3,8-11,15-17H,4-7H2,1H3,(H,19,21)/b3-2-/t15-,16-/m0/s1. The van der Waals surface area contributed by atoms with Crippen LogP contribution in [0.25, 0.3) is 0 Å². The van der Waals surface area contributed by atoms with Crippen molar-refractivity contribution in [2.75, 3.05) is 5.32 Å². The molecule has 1 fully saturated rings. The molecule has 2 aliphatic carbocycles. The number of hydrogen-bond donors (Lipinski definition) is 1. The molecule has 0 radical (unpaired) electrons. The number of ketones is 1. The van der Waals surface area contributed by atoms with Crippen LogP contribution in [0.1, 0.15) is 43.0 Å². The van der Waals surface area contributed by atoms with E-state index in [2.05, 4.69) is 17.5 Å². The van der Waals surface area contributed by atoms with Crippen molar-refractivity contribution in [2.24, 2.45) is 17.8 Å². The van der Waals surface area contributed by atoms with Crippen molar-refractivity contribution >= 4 is 17.4 Å². The third-order valence-electron chi connectivity index (χ3n) is 4.69. The molecule has 0 saturated heterocycles. The minimum atomic E-state index is 0.0427. The van der Waals surface area contributed by atoms with Crippen LogP contribution < -0.4 is 5.32 Å². The van der Waals surface area contributed by atoms with E-state index in [0.717, 1.165) is 31.4 Å². The summed E-state index contributed by atoms with van der Waals surface area (Å²) in [5.74, 6) is 1.49. The van der Waals surface area contributed by atoms with Gasteiger partial charge in [-0.2, -0.15) is 0 Å². The lowest BCUT2D eigenvalue weighted by Crippen LogP contribution is -2.15. The predicted octanol–water partition coefficient (Wildman–Crippen LogP) is 3.82. The molecule has 0 aromatic heterocycles. The number of benzene rings is 1. The Morgan fingerprint density at radius 3 is 2.10 bits per heavy atom. The summed E-state index contributed by atoms with van der Waals surface area (Å²) < 4.78 is 0. The van der Waals surface area contributed by atoms with Crippen LogP contribution in [0.15, 0.2) is 36.4 Å². The number of carbonyl (C=O) groups is 2. The third kappa shape index (κ3) is 3.07. The molecule has 3 rings (SSSR count). The highest BCUT2D eigenvalue weighted by Gasteiger charge is 2.53. The van der Waals surface area contributed by atoms with Crippen LogP contribution in [0.3, 0.4) is 0 Å². The van der Waals surface area contributed by atoms with Gasteiger partial charge in [-0.05, 0) is 68.7 Å². The predicted molar refractivity (Wildman–Crippen MR) is 83.2 cm³/mol. The summed E-state index contributed by atoms with van der Waals surface area (Å²) >= 11 is 0. The van der Waals surface area contributed by atoms with Crippen LogP contribution in [0.2, 0.25) is 0 Å². The van der Waals surface area contributed by atoms with Crippen molar-refractivity contribution < 1.29 is 9.59 Å². The molecule has 1 amide bonds. The summed E-state index contributed by atoms with van der Waals surface area (Å²) in [7, 11) is 0. The van der Waals surface area contributed by atoms with Gasteiger partial charge in [0.25, 0.3) is 0 Å². The van der Waals surface area contributed by atoms with Crippen molar-refractivity contribution in [1.29, 1.82) is 0 Å². The SMILES string of the molecule is CC(=O)c1ccc(NC(=O)C2[C@H]3CC/C=C\CC[C@H]23)cc1. The first-order chi connectivity index (χ1) is 10.2. The zero-order valence-corrected chi connectivity index (χ0v) is 12.3. The summed E-state index contributed by atoms with van der Waals surface area (Å²) in [4.78, 5) is 23.6. The number of fused-ring (bicyclic) bond motifs is 1. The van der Waals surface area contributed by atoms with E-state index in [1.807, 2.05) is 0 Å². The average molecular weight is 283 g/mol. The van der Waals surface area contributed by atoms with Crippen molar-refractivity contribution in [2.45, 2.75) is 32.6 Å². The first-order valence-electron chi connectivity index (χ1n) is 7.73. The smallest absolute Gasteiger partial charge is 0.228 e. The van der Waals surface area contributed by atoms with Crippen LogP contribution in [0.5, 0.6) is 0 Å². The molecular formula is C18H21NO2. The van der Waals surface area contributed by atoms with Gasteiger partial charge in [-0.3, -0.25) is 9.59 Å². The molecule has 1 aromatic carbocycles. The van der Waals surface area contributed by atoms with E-state index in [-0.39, 0.29) is 17.6 Å². The fourth-order valence-electron chi connectivity index (χ4n) is 3.45. The summed E-state index contributed by atoms with van der Waals surface area (Å²) in [6.07, 6.45) is 8.93. The van der Waals surface area contributed by atoms with Crippen molar-refractivity contribution in [3.05, 3.63) is 42.0 Å². The Kier molecular flexibility index (Phi) is 3.91. The molecule has 1 saturated carbocycles. The van der Waals surface area contributed by atoms with E-state index in [9.17, 15) is 9.59 Å². The molecule has 1 N–H and O–H groups in total. The Bertz CT molecular complexity index is 557. The molecule has 0 bridgehead atoms. The highest BCUT2D eigenvalue weighted by Crippen LogP contribution is 2.53. The Labute approximate surface area is 125 Å². The Morgan fingerprint density at radius 2 is 1.57 bits per heavy atom. The number of carbonyl (C=O) groups excluding carboxylic acids is 2. The second-order valence-corrected chi connectivity index (χ2v) is 6.10. The minimum absolute atomic E-state index is 0.0427. The topological polar surface area (TPSA) is 46.2 Å². The second-order valence-electron chi connectivity index (χ2n) is 6.10. The normalized spacial score (nSPS) is 28.7. The maximum atomic E-state index is 12.4. The van der Waals surface area contributed by atoms with E-state index in [0.29, 0.717) is 17.4 Å². The lowest BCUT2D eigenvalue weighted by atomic mass is 10.1. The molecule has 3 heteroatoms. The molecule has 110 valence electrons. The van der Waals surface area contributed by atoms with E-state index in [1.54, 1.807) is 31.2 Å². The molecule has 3 nitrogen and oxygen atoms in total. The van der Waals surface area contributed by atoms with Crippen molar-refractivity contribution in [1.82, 2.24) is 0 Å². The lowest BCUT2D eigenvalue weighted by Gasteiger charge is -2.05. The van der Waals surface area contributed by atoms with E-state index in [4.69, 9.17) is 0 Å². The molecule has 0 spiro atoms. The second kappa shape index (κ2) is 5.84. The minimum Gasteiger partial charge on any atom is -0.326 e. The zero-order chi connectivity index (χ0) is 14.8. The van der Waals surface area contributed by atoms with Gasteiger partial charge < -0.3 is 5.32 Å². The number of amides is 1. The fourth-order valence-corrected chi connectivity index (χ4v) is 3.45. The number of hydrogen-bond acceptors (Lipinski definition) is 2. The molecule has 1 aromatic rings. The third-order valence-corrected chi connectivity index (χ3v) is 4.69. The number of Topliss-reactive ketones (excluding diaryl/α,β-unsaturated/α-hetero) is 1. The van der Waals surface area contributed by atoms with E-state index >= 15 is 0 Å². The maximum Gasteiger partial charge on any atom is 0.228 e. The van der Waals surface area contributed by atoms with Gasteiger partial charge in [0.15, 0.2) is 5.78 Å². The first-order valence-corrected chi connectivity index (χ1v) is 7.73. The Hall–Kier alpha value is -1.90. The van der Waals surface area contributed by atoms with E-state index < -0.39 is 0 Å². The van der Waals surface area contributed by atoms with Crippen LogP contribution in [0.4, 0.5) is 5.69 Å². The van der Waals surface area contributed by atoms with Gasteiger partial charge in [-0.1, -0.05) is 12.2 Å². The molecular weight excluding hydrogens is 262 g/mol. The Balaban J connectivity index is 1.61. The van der Waals surface area contributed by atoms with Gasteiger partial charge in [-0.25, -0.2) is 0 Å². The van der Waals surface area contributed by atoms with Crippen LogP contribution >= 0.6 is 0 Å². The van der Waals surface area contributed by atoms with Gasteiger partial charge in [0.05, 0.1) is 0 Å². The van der Waals surface area contributed by atoms with Crippen LogP contribution in [0, 0.1) is 17.8 Å². The van der Waals surface area contributed by atoms with Gasteiger partial charge in [0.2, 0.25) is 5.91 Å². The van der Waals surface area contributed by atoms with Gasteiger partial charge in [0, 0.05) is 17.2 Å². The highest BCUT2D eigenvalue weighted by atomic mass is 16.2. The van der Waals surface area contributed by atoms with Crippen LogP contribution in [-0.4, -0.2) is 11.7 Å². The zero-order valence-electron chi connectivity index (χ0n) is 12.3. The molecule has 2 aliphatic rings. The molecule has 2 atom stereocenters. The monoisotopic (exact) mass is 283 g/mol. The van der Waals surface area contributed by atoms with Gasteiger partial charge in [0.1, 0.15) is 0 Å². The number of allylic oxidation sites excluding steroid dienone is 2. The summed E-state index contributed by atoms with van der Waals surface area (Å²) in [5, 5.41) is 3.00. The van der Waals surface area contributed by atoms with E-state index in [1.165, 1.54) is 0 Å². The van der Waals surface area contributed by atoms with Crippen molar-refractivity contribution in [3.63, 3.8) is 0 Å². The molecule has 0 unspecified atom stereocenters. The maximum absolute atomic E-state index is 12.4. The number of rotatable bonds is 3. The van der Waals surface area contributed by atoms with Crippen molar-refractivity contribution in [3.8, 4) is 0 Å². The molecule has 21 heavy (non-hydrogen) atoms. The molecule has 0 heterocycles. The number of anilines is 1. The fraction of sp³-hybridized carbons (Fsp3) is 0.444.